The Bertz CT molecular complexity index is 700. The molecule has 1 unspecified atom stereocenters. The summed E-state index contributed by atoms with van der Waals surface area (Å²) < 4.78 is 38.0. The van der Waals surface area contributed by atoms with Crippen LogP contribution < -0.4 is 4.90 Å². The fourth-order valence-electron chi connectivity index (χ4n) is 3.78. The Hall–Kier alpha value is -2.32. The number of alkyl halides is 3. The number of nitrogens with zero attached hydrogens (tertiary/aromatic N) is 4. The van der Waals surface area contributed by atoms with Crippen LogP contribution in [0.15, 0.2) is 18.3 Å². The fraction of sp³-hybridized carbons (Fsp3) is 0.632. The number of likely N-dealkylation sites (tertiary alicyclic amines) is 1. The summed E-state index contributed by atoms with van der Waals surface area (Å²) in [6.07, 6.45) is -1.50. The van der Waals surface area contributed by atoms with Gasteiger partial charge in [-0.2, -0.15) is 13.2 Å². The minimum atomic E-state index is -4.40. The molecule has 2 amide bonds. The van der Waals surface area contributed by atoms with Crippen molar-refractivity contribution in [1.29, 1.82) is 0 Å². The molecule has 3 rings (SSSR count). The largest absolute Gasteiger partial charge is 0.417 e. The van der Waals surface area contributed by atoms with Crippen molar-refractivity contribution in [2.45, 2.75) is 32.4 Å². The van der Waals surface area contributed by atoms with E-state index in [0.717, 1.165) is 25.1 Å². The Kier molecular flexibility index (Phi) is 6.10. The van der Waals surface area contributed by atoms with Crippen molar-refractivity contribution in [3.05, 3.63) is 23.9 Å². The molecular formula is C19H25F3N4O2. The first-order chi connectivity index (χ1) is 13.3. The van der Waals surface area contributed by atoms with Crippen LogP contribution in [-0.4, -0.2) is 65.9 Å². The molecule has 154 valence electrons. The number of anilines is 1. The number of carbonyl (C=O) groups is 2. The van der Waals surface area contributed by atoms with E-state index in [1.165, 1.54) is 6.07 Å². The molecule has 0 N–H and O–H groups in total. The van der Waals surface area contributed by atoms with Gasteiger partial charge in [0.2, 0.25) is 11.8 Å². The topological polar surface area (TPSA) is 56.8 Å². The molecule has 2 fully saturated rings. The van der Waals surface area contributed by atoms with Gasteiger partial charge in [-0.05, 0) is 25.0 Å². The lowest BCUT2D eigenvalue weighted by Crippen LogP contribution is -2.53. The summed E-state index contributed by atoms with van der Waals surface area (Å²) in [5.74, 6) is 0.460. The Morgan fingerprint density at radius 3 is 2.39 bits per heavy atom. The van der Waals surface area contributed by atoms with Crippen molar-refractivity contribution >= 4 is 17.6 Å². The molecule has 1 aromatic heterocycles. The molecule has 0 radical (unpaired) electrons. The number of halogens is 3. The normalized spacial score (nSPS) is 21.0. The van der Waals surface area contributed by atoms with Crippen LogP contribution in [0.5, 0.6) is 0 Å². The highest BCUT2D eigenvalue weighted by Gasteiger charge is 2.33. The number of piperidine rings is 1. The zero-order valence-electron chi connectivity index (χ0n) is 15.9. The third kappa shape index (κ3) is 4.56. The Morgan fingerprint density at radius 1 is 1.11 bits per heavy atom. The maximum atomic E-state index is 12.8. The van der Waals surface area contributed by atoms with Crippen LogP contribution >= 0.6 is 0 Å². The van der Waals surface area contributed by atoms with Crippen molar-refractivity contribution in [3.63, 3.8) is 0 Å². The second kappa shape index (κ2) is 8.36. The van der Waals surface area contributed by atoms with E-state index in [1.807, 2.05) is 11.8 Å². The molecule has 9 heteroatoms. The van der Waals surface area contributed by atoms with E-state index in [1.54, 1.807) is 9.80 Å². The van der Waals surface area contributed by atoms with E-state index in [-0.39, 0.29) is 17.7 Å². The molecule has 0 saturated carbocycles. The van der Waals surface area contributed by atoms with Gasteiger partial charge in [-0.3, -0.25) is 9.59 Å². The fourth-order valence-corrected chi connectivity index (χ4v) is 3.78. The number of aromatic nitrogens is 1. The zero-order chi connectivity index (χ0) is 20.3. The number of carbonyl (C=O) groups excluding carboxylic acids is 2. The van der Waals surface area contributed by atoms with Crippen molar-refractivity contribution in [1.82, 2.24) is 14.8 Å². The summed E-state index contributed by atoms with van der Waals surface area (Å²) in [6.45, 7) is 5.06. The molecule has 0 bridgehead atoms. The minimum absolute atomic E-state index is 0.0635. The number of piperazine rings is 1. The monoisotopic (exact) mass is 398 g/mol. The first-order valence-corrected chi connectivity index (χ1v) is 9.64. The summed E-state index contributed by atoms with van der Waals surface area (Å²) >= 11 is 0. The number of amides is 2. The van der Waals surface area contributed by atoms with Crippen LogP contribution in [0, 0.1) is 5.92 Å². The van der Waals surface area contributed by atoms with E-state index in [4.69, 9.17) is 0 Å². The predicted molar refractivity (Wildman–Crippen MR) is 97.6 cm³/mol. The van der Waals surface area contributed by atoms with Crippen LogP contribution in [0.1, 0.15) is 31.7 Å². The lowest BCUT2D eigenvalue weighted by molar-refractivity contribution is -0.141. The molecular weight excluding hydrogens is 373 g/mol. The van der Waals surface area contributed by atoms with Crippen LogP contribution in [-0.2, 0) is 15.8 Å². The second-order valence-electron chi connectivity index (χ2n) is 7.25. The SMILES string of the molecule is CCC(=O)N1CCCC(C(=O)N2CCN(c3ccc(C(F)(F)F)cn3)CC2)C1. The van der Waals surface area contributed by atoms with E-state index in [2.05, 4.69) is 4.98 Å². The molecule has 1 atom stereocenters. The van der Waals surface area contributed by atoms with Crippen molar-refractivity contribution in [2.24, 2.45) is 5.92 Å². The number of hydrogen-bond acceptors (Lipinski definition) is 4. The smallest absolute Gasteiger partial charge is 0.353 e. The third-order valence-electron chi connectivity index (χ3n) is 5.42. The van der Waals surface area contributed by atoms with Gasteiger partial charge in [-0.15, -0.1) is 0 Å². The number of rotatable bonds is 3. The highest BCUT2D eigenvalue weighted by molar-refractivity contribution is 5.81. The molecule has 2 aliphatic heterocycles. The van der Waals surface area contributed by atoms with Gasteiger partial charge in [0.25, 0.3) is 0 Å². The van der Waals surface area contributed by atoms with Gasteiger partial charge in [-0.25, -0.2) is 4.98 Å². The summed E-state index contributed by atoms with van der Waals surface area (Å²) in [7, 11) is 0. The predicted octanol–water partition coefficient (Wildman–Crippen LogP) is 2.40. The van der Waals surface area contributed by atoms with E-state index in [9.17, 15) is 22.8 Å². The molecule has 0 aromatic carbocycles. The van der Waals surface area contributed by atoms with Gasteiger partial charge >= 0.3 is 6.18 Å². The maximum absolute atomic E-state index is 12.8. The summed E-state index contributed by atoms with van der Waals surface area (Å²) in [5, 5.41) is 0. The zero-order valence-corrected chi connectivity index (χ0v) is 15.9. The van der Waals surface area contributed by atoms with Crippen molar-refractivity contribution in [3.8, 4) is 0 Å². The Labute approximate surface area is 162 Å². The summed E-state index contributed by atoms with van der Waals surface area (Å²) in [4.78, 5) is 34.1. The summed E-state index contributed by atoms with van der Waals surface area (Å²) in [5.41, 5.74) is -0.770. The Morgan fingerprint density at radius 2 is 1.82 bits per heavy atom. The van der Waals surface area contributed by atoms with Crippen LogP contribution in [0.4, 0.5) is 19.0 Å². The average molecular weight is 398 g/mol. The maximum Gasteiger partial charge on any atom is 0.417 e. The van der Waals surface area contributed by atoms with E-state index >= 15 is 0 Å². The van der Waals surface area contributed by atoms with Crippen molar-refractivity contribution < 1.29 is 22.8 Å². The van der Waals surface area contributed by atoms with Gasteiger partial charge < -0.3 is 14.7 Å². The van der Waals surface area contributed by atoms with Gasteiger partial charge in [-0.1, -0.05) is 6.92 Å². The lowest BCUT2D eigenvalue weighted by atomic mass is 9.96. The lowest BCUT2D eigenvalue weighted by Gasteiger charge is -2.39. The molecule has 1 aromatic rings. The van der Waals surface area contributed by atoms with E-state index in [0.29, 0.717) is 51.5 Å². The number of pyridine rings is 1. The molecule has 3 heterocycles. The second-order valence-corrected chi connectivity index (χ2v) is 7.25. The van der Waals surface area contributed by atoms with Gasteiger partial charge in [0, 0.05) is 51.9 Å². The first-order valence-electron chi connectivity index (χ1n) is 9.64. The molecule has 0 aliphatic carbocycles. The first kappa shape index (κ1) is 20.4. The highest BCUT2D eigenvalue weighted by Crippen LogP contribution is 2.29. The molecule has 2 aliphatic rings. The molecule has 28 heavy (non-hydrogen) atoms. The van der Waals surface area contributed by atoms with E-state index < -0.39 is 11.7 Å². The molecule has 0 spiro atoms. The van der Waals surface area contributed by atoms with Crippen molar-refractivity contribution in [2.75, 3.05) is 44.2 Å². The van der Waals surface area contributed by atoms with Gasteiger partial charge in [0.15, 0.2) is 0 Å². The van der Waals surface area contributed by atoms with Gasteiger partial charge in [0.05, 0.1) is 11.5 Å². The van der Waals surface area contributed by atoms with Crippen LogP contribution in [0.25, 0.3) is 0 Å². The summed E-state index contributed by atoms with van der Waals surface area (Å²) in [6, 6.07) is 2.40. The third-order valence-corrected chi connectivity index (χ3v) is 5.42. The standard InChI is InChI=1S/C19H25F3N4O2/c1-2-17(27)26-7-3-4-14(13-26)18(28)25-10-8-24(9-11-25)16-6-5-15(12-23-16)19(20,21)22/h5-6,12,14H,2-4,7-11,13H2,1H3. The van der Waals surface area contributed by atoms with Crippen LogP contribution in [0.2, 0.25) is 0 Å². The Balaban J connectivity index is 1.55. The number of hydrogen-bond donors (Lipinski definition) is 0. The average Bonchev–Trinajstić information content (AvgIpc) is 2.72. The molecule has 6 nitrogen and oxygen atoms in total. The minimum Gasteiger partial charge on any atom is -0.353 e. The highest BCUT2D eigenvalue weighted by atomic mass is 19.4. The van der Waals surface area contributed by atoms with Gasteiger partial charge in [0.1, 0.15) is 5.82 Å². The molecule has 2 saturated heterocycles. The quantitative estimate of drug-likeness (QED) is 0.785. The van der Waals surface area contributed by atoms with Crippen LogP contribution in [0.3, 0.4) is 0 Å².